The van der Waals surface area contributed by atoms with Gasteiger partial charge in [-0.3, -0.25) is 4.79 Å². The van der Waals surface area contributed by atoms with Crippen molar-refractivity contribution < 1.29 is 26.4 Å². The number of halogens is 3. The van der Waals surface area contributed by atoms with Crippen molar-refractivity contribution in [2.75, 3.05) is 0 Å². The molecule has 9 heteroatoms. The standard InChI is InChI=1S/C30H34F3NO3S2/c1-27(2,3)23-15-29(7,16-24(26(23)35)28(4,5)6)38-12-11-19-13-20-9-8-10-21-17-34(18-22(14-19)25(20)21)39(36,37)30(31,32)33/h8-16H,17-18H2,1-7H3/b12-11+. The highest BCUT2D eigenvalue weighted by Crippen LogP contribution is 2.45. The number of ketones is 1. The topological polar surface area (TPSA) is 54.5 Å². The van der Waals surface area contributed by atoms with Gasteiger partial charge in [0.1, 0.15) is 0 Å². The molecule has 0 radical (unpaired) electrons. The fourth-order valence-electron chi connectivity index (χ4n) is 5.06. The molecule has 2 aromatic rings. The van der Waals surface area contributed by atoms with E-state index in [-0.39, 0.29) is 29.7 Å². The second-order valence-electron chi connectivity index (χ2n) is 12.5. The van der Waals surface area contributed by atoms with Crippen LogP contribution in [0.1, 0.15) is 65.2 Å². The predicted octanol–water partition coefficient (Wildman–Crippen LogP) is 8.00. The molecule has 0 atom stereocenters. The van der Waals surface area contributed by atoms with Gasteiger partial charge in [0.2, 0.25) is 0 Å². The third-order valence-corrected chi connectivity index (χ3v) is 9.58. The van der Waals surface area contributed by atoms with Crippen LogP contribution in [-0.2, 0) is 27.9 Å². The Balaban J connectivity index is 1.69. The second kappa shape index (κ2) is 9.63. The summed E-state index contributed by atoms with van der Waals surface area (Å²) in [5, 5.41) is 3.57. The van der Waals surface area contributed by atoms with E-state index in [0.29, 0.717) is 15.4 Å². The summed E-state index contributed by atoms with van der Waals surface area (Å²) >= 11 is 1.54. The molecule has 2 aliphatic rings. The van der Waals surface area contributed by atoms with Crippen LogP contribution in [-0.4, -0.2) is 28.8 Å². The lowest BCUT2D eigenvalue weighted by atomic mass is 9.71. The number of carbonyl (C=O) groups is 1. The minimum Gasteiger partial charge on any atom is -0.289 e. The fraction of sp³-hybridized carbons (Fsp3) is 0.433. The summed E-state index contributed by atoms with van der Waals surface area (Å²) < 4.78 is 64.2. The molecule has 210 valence electrons. The van der Waals surface area contributed by atoms with E-state index in [0.717, 1.165) is 27.5 Å². The van der Waals surface area contributed by atoms with Crippen LogP contribution in [0.15, 0.2) is 59.0 Å². The van der Waals surface area contributed by atoms with Crippen molar-refractivity contribution in [2.45, 2.75) is 71.8 Å². The van der Waals surface area contributed by atoms with E-state index in [1.165, 1.54) is 11.8 Å². The Labute approximate surface area is 233 Å². The molecule has 0 spiro atoms. The van der Waals surface area contributed by atoms with Gasteiger partial charge >= 0.3 is 15.5 Å². The minimum atomic E-state index is -5.46. The number of benzene rings is 2. The van der Waals surface area contributed by atoms with Crippen LogP contribution < -0.4 is 0 Å². The number of thioether (sulfide) groups is 1. The van der Waals surface area contributed by atoms with Gasteiger partial charge in [-0.25, -0.2) is 8.42 Å². The van der Waals surface area contributed by atoms with Gasteiger partial charge in [-0.05, 0) is 68.8 Å². The number of rotatable bonds is 4. The van der Waals surface area contributed by atoms with E-state index >= 15 is 0 Å². The molecule has 2 aromatic carbocycles. The normalized spacial score (nSPS) is 19.0. The molecule has 0 N–H and O–H groups in total. The summed E-state index contributed by atoms with van der Waals surface area (Å²) in [7, 11) is -5.46. The summed E-state index contributed by atoms with van der Waals surface area (Å²) in [6.07, 6.45) is 5.92. The van der Waals surface area contributed by atoms with Gasteiger partial charge in [-0.1, -0.05) is 71.9 Å². The molecular weight excluding hydrogens is 543 g/mol. The first-order valence-electron chi connectivity index (χ1n) is 12.7. The van der Waals surface area contributed by atoms with Crippen LogP contribution in [0.25, 0.3) is 16.8 Å². The Morgan fingerprint density at radius 1 is 0.923 bits per heavy atom. The quantitative estimate of drug-likeness (QED) is 0.370. The highest BCUT2D eigenvalue weighted by molar-refractivity contribution is 8.03. The monoisotopic (exact) mass is 577 g/mol. The number of alkyl halides is 3. The number of hydrogen-bond acceptors (Lipinski definition) is 4. The maximum Gasteiger partial charge on any atom is 0.511 e. The largest absolute Gasteiger partial charge is 0.511 e. The van der Waals surface area contributed by atoms with E-state index in [9.17, 15) is 26.4 Å². The SMILES string of the molecule is CC1(S/C=C/c2cc3c4c(cccc4c2)CN(S(=O)(=O)C(F)(F)F)C3)C=C(C(C)(C)C)C(=O)C(C(C)(C)C)=C1. The average molecular weight is 578 g/mol. The zero-order chi connectivity index (χ0) is 29.2. The van der Waals surface area contributed by atoms with E-state index < -0.39 is 20.3 Å². The third kappa shape index (κ3) is 5.77. The van der Waals surface area contributed by atoms with Gasteiger partial charge in [0.05, 0.1) is 4.75 Å². The molecule has 4 nitrogen and oxygen atoms in total. The van der Waals surface area contributed by atoms with Crippen molar-refractivity contribution in [2.24, 2.45) is 10.8 Å². The first-order valence-corrected chi connectivity index (χ1v) is 15.0. The van der Waals surface area contributed by atoms with E-state index in [2.05, 4.69) is 6.92 Å². The van der Waals surface area contributed by atoms with Crippen molar-refractivity contribution in [1.82, 2.24) is 4.31 Å². The highest BCUT2D eigenvalue weighted by Gasteiger charge is 2.50. The summed E-state index contributed by atoms with van der Waals surface area (Å²) in [5.41, 5.74) is -2.63. The first kappa shape index (κ1) is 29.6. The molecular formula is C30H34F3NO3S2. The number of sulfonamides is 1. The Morgan fingerprint density at radius 3 is 2.03 bits per heavy atom. The number of allylic oxidation sites excluding steroid dienone is 2. The molecule has 0 bridgehead atoms. The first-order chi connectivity index (χ1) is 17.7. The van der Waals surface area contributed by atoms with Gasteiger partial charge in [-0.15, -0.1) is 11.8 Å². The second-order valence-corrected chi connectivity index (χ2v) is 15.8. The lowest BCUT2D eigenvalue weighted by Gasteiger charge is -2.36. The van der Waals surface area contributed by atoms with Crippen LogP contribution >= 0.6 is 11.8 Å². The maximum absolute atomic E-state index is 13.3. The summed E-state index contributed by atoms with van der Waals surface area (Å²) in [6.45, 7) is 13.6. The van der Waals surface area contributed by atoms with Crippen LogP contribution in [0.2, 0.25) is 0 Å². The van der Waals surface area contributed by atoms with Crippen LogP contribution in [0.4, 0.5) is 13.2 Å². The molecule has 0 fully saturated rings. The van der Waals surface area contributed by atoms with Crippen molar-refractivity contribution in [3.8, 4) is 0 Å². The van der Waals surface area contributed by atoms with Crippen molar-refractivity contribution in [3.05, 3.63) is 75.7 Å². The summed E-state index contributed by atoms with van der Waals surface area (Å²) in [4.78, 5) is 13.3. The highest BCUT2D eigenvalue weighted by atomic mass is 32.2. The zero-order valence-corrected chi connectivity index (χ0v) is 24.9. The molecule has 4 rings (SSSR count). The van der Waals surface area contributed by atoms with Crippen LogP contribution in [0.3, 0.4) is 0 Å². The van der Waals surface area contributed by atoms with Crippen LogP contribution in [0.5, 0.6) is 0 Å². The van der Waals surface area contributed by atoms with Crippen molar-refractivity contribution >= 4 is 44.4 Å². The fourth-order valence-corrected chi connectivity index (χ4v) is 6.86. The molecule has 1 aliphatic heterocycles. The van der Waals surface area contributed by atoms with Gasteiger partial charge in [0, 0.05) is 24.2 Å². The van der Waals surface area contributed by atoms with E-state index in [1.807, 2.05) is 77.3 Å². The summed E-state index contributed by atoms with van der Waals surface area (Å²) in [6, 6.07) is 8.97. The van der Waals surface area contributed by atoms with Gasteiger partial charge in [0.25, 0.3) is 0 Å². The maximum atomic E-state index is 13.3. The predicted molar refractivity (Wildman–Crippen MR) is 153 cm³/mol. The molecule has 0 unspecified atom stereocenters. The lowest BCUT2D eigenvalue weighted by Crippen LogP contribution is -2.41. The molecule has 0 amide bonds. The van der Waals surface area contributed by atoms with Crippen LogP contribution in [0, 0.1) is 10.8 Å². The average Bonchev–Trinajstić information content (AvgIpc) is 2.78. The molecule has 0 saturated heterocycles. The lowest BCUT2D eigenvalue weighted by molar-refractivity contribution is -0.114. The van der Waals surface area contributed by atoms with E-state index in [1.54, 1.807) is 18.2 Å². The molecule has 1 aliphatic carbocycles. The minimum absolute atomic E-state index is 0.0693. The number of Topliss-reactive ketones (excluding diaryl/α,β-unsaturated/α-hetero) is 1. The Bertz CT molecular complexity index is 1500. The van der Waals surface area contributed by atoms with E-state index in [4.69, 9.17) is 0 Å². The van der Waals surface area contributed by atoms with Gasteiger partial charge < -0.3 is 0 Å². The smallest absolute Gasteiger partial charge is 0.289 e. The molecule has 0 saturated carbocycles. The Morgan fingerprint density at radius 2 is 1.49 bits per heavy atom. The Kier molecular flexibility index (Phi) is 7.31. The number of hydrogen-bond donors (Lipinski definition) is 0. The van der Waals surface area contributed by atoms with Gasteiger partial charge in [0.15, 0.2) is 5.78 Å². The van der Waals surface area contributed by atoms with Gasteiger partial charge in [-0.2, -0.15) is 17.5 Å². The number of nitrogens with zero attached hydrogens (tertiary/aromatic N) is 1. The summed E-state index contributed by atoms with van der Waals surface area (Å²) in [5.74, 6) is 0.0693. The number of carbonyl (C=O) groups excluding carboxylic acids is 1. The van der Waals surface area contributed by atoms with Crippen molar-refractivity contribution in [3.63, 3.8) is 0 Å². The molecule has 0 aromatic heterocycles. The molecule has 1 heterocycles. The molecule has 39 heavy (non-hydrogen) atoms. The third-order valence-electron chi connectivity index (χ3n) is 7.04. The van der Waals surface area contributed by atoms with Crippen molar-refractivity contribution in [1.29, 1.82) is 0 Å². The zero-order valence-electron chi connectivity index (χ0n) is 23.2. The Hall–Kier alpha value is -2.36.